The van der Waals surface area contributed by atoms with Crippen LogP contribution in [0.25, 0.3) is 0 Å². The van der Waals surface area contributed by atoms with Gasteiger partial charge >= 0.3 is 0 Å². The standard InChI is InChI=1S/C10H18ClN3S/c1-4-8(2)14(3)6-5-12-10-13-9(11)7-15-10/h7-8H,4-6H2,1-3H3,(H,12,13). The molecule has 15 heavy (non-hydrogen) atoms. The predicted octanol–water partition coefficient (Wildman–Crippen LogP) is 2.94. The lowest BCUT2D eigenvalue weighted by Crippen LogP contribution is -2.32. The van der Waals surface area contributed by atoms with Gasteiger partial charge in [0.2, 0.25) is 0 Å². The minimum absolute atomic E-state index is 0.567. The third-order valence-corrected chi connectivity index (χ3v) is 3.68. The molecule has 1 N–H and O–H groups in total. The molecule has 0 aromatic carbocycles. The van der Waals surface area contributed by atoms with Crippen molar-refractivity contribution in [2.24, 2.45) is 0 Å². The normalized spacial score (nSPS) is 13.1. The molecular formula is C10H18ClN3S. The highest BCUT2D eigenvalue weighted by atomic mass is 35.5. The minimum atomic E-state index is 0.567. The van der Waals surface area contributed by atoms with Crippen molar-refractivity contribution < 1.29 is 0 Å². The molecule has 1 unspecified atom stereocenters. The first kappa shape index (κ1) is 12.7. The molecule has 0 aliphatic heterocycles. The molecule has 1 rings (SSSR count). The lowest BCUT2D eigenvalue weighted by Gasteiger charge is -2.23. The van der Waals surface area contributed by atoms with Crippen LogP contribution in [0.5, 0.6) is 0 Å². The number of anilines is 1. The fraction of sp³-hybridized carbons (Fsp3) is 0.700. The Labute approximate surface area is 100 Å². The van der Waals surface area contributed by atoms with Crippen molar-refractivity contribution in [3.8, 4) is 0 Å². The van der Waals surface area contributed by atoms with Crippen molar-refractivity contribution in [2.75, 3.05) is 25.5 Å². The maximum atomic E-state index is 5.72. The van der Waals surface area contributed by atoms with E-state index in [0.717, 1.165) is 18.2 Å². The maximum Gasteiger partial charge on any atom is 0.184 e. The smallest absolute Gasteiger partial charge is 0.184 e. The summed E-state index contributed by atoms with van der Waals surface area (Å²) in [5.74, 6) is 0. The summed E-state index contributed by atoms with van der Waals surface area (Å²) in [5.41, 5.74) is 0. The summed E-state index contributed by atoms with van der Waals surface area (Å²) < 4.78 is 0. The zero-order valence-corrected chi connectivity index (χ0v) is 11.0. The monoisotopic (exact) mass is 247 g/mol. The molecule has 0 aliphatic carbocycles. The molecular weight excluding hydrogens is 230 g/mol. The number of rotatable bonds is 6. The Morgan fingerprint density at radius 3 is 2.93 bits per heavy atom. The molecule has 5 heteroatoms. The van der Waals surface area contributed by atoms with Gasteiger partial charge in [0.1, 0.15) is 5.15 Å². The number of hydrogen-bond donors (Lipinski definition) is 1. The van der Waals surface area contributed by atoms with E-state index in [-0.39, 0.29) is 0 Å². The molecule has 0 bridgehead atoms. The van der Waals surface area contributed by atoms with Gasteiger partial charge in [0.25, 0.3) is 0 Å². The van der Waals surface area contributed by atoms with E-state index in [4.69, 9.17) is 11.6 Å². The number of likely N-dealkylation sites (N-methyl/N-ethyl adjacent to an activating group) is 1. The number of aromatic nitrogens is 1. The Kier molecular flexibility index (Phi) is 5.36. The van der Waals surface area contributed by atoms with Gasteiger partial charge in [-0.1, -0.05) is 18.5 Å². The van der Waals surface area contributed by atoms with Crippen LogP contribution in [0.2, 0.25) is 5.15 Å². The third-order valence-electron chi connectivity index (χ3n) is 2.56. The van der Waals surface area contributed by atoms with Crippen molar-refractivity contribution in [1.82, 2.24) is 9.88 Å². The maximum absolute atomic E-state index is 5.72. The molecule has 0 spiro atoms. The van der Waals surface area contributed by atoms with Crippen LogP contribution >= 0.6 is 22.9 Å². The van der Waals surface area contributed by atoms with Crippen LogP contribution in [-0.2, 0) is 0 Å². The van der Waals surface area contributed by atoms with Crippen LogP contribution in [0.3, 0.4) is 0 Å². The lowest BCUT2D eigenvalue weighted by molar-refractivity contribution is 0.261. The molecule has 0 fully saturated rings. The second-order valence-electron chi connectivity index (χ2n) is 3.64. The highest BCUT2D eigenvalue weighted by Gasteiger charge is 2.06. The van der Waals surface area contributed by atoms with Crippen LogP contribution in [0.1, 0.15) is 20.3 Å². The van der Waals surface area contributed by atoms with Gasteiger partial charge in [0.05, 0.1) is 0 Å². The SMILES string of the molecule is CCC(C)N(C)CCNc1nc(Cl)cs1. The van der Waals surface area contributed by atoms with Crippen LogP contribution in [0, 0.1) is 0 Å². The Bertz CT molecular complexity index is 290. The summed E-state index contributed by atoms with van der Waals surface area (Å²) in [6.07, 6.45) is 1.18. The van der Waals surface area contributed by atoms with Crippen LogP contribution in [-0.4, -0.2) is 36.1 Å². The van der Waals surface area contributed by atoms with E-state index in [1.165, 1.54) is 6.42 Å². The summed E-state index contributed by atoms with van der Waals surface area (Å²) in [6, 6.07) is 0.631. The first-order valence-electron chi connectivity index (χ1n) is 5.18. The van der Waals surface area contributed by atoms with Crippen molar-refractivity contribution >= 4 is 28.1 Å². The molecule has 0 amide bonds. The van der Waals surface area contributed by atoms with Crippen LogP contribution in [0.4, 0.5) is 5.13 Å². The Hall–Kier alpha value is -0.320. The number of hydrogen-bond acceptors (Lipinski definition) is 4. The number of nitrogens with one attached hydrogen (secondary N) is 1. The van der Waals surface area contributed by atoms with Crippen LogP contribution < -0.4 is 5.32 Å². The summed E-state index contributed by atoms with van der Waals surface area (Å²) in [4.78, 5) is 6.46. The van der Waals surface area contributed by atoms with Gasteiger partial charge < -0.3 is 10.2 Å². The molecule has 1 aromatic heterocycles. The third kappa shape index (κ3) is 4.36. The number of nitrogens with zero attached hydrogens (tertiary/aromatic N) is 2. The van der Waals surface area contributed by atoms with Gasteiger partial charge in [-0.2, -0.15) is 0 Å². The molecule has 1 atom stereocenters. The molecule has 0 saturated heterocycles. The summed E-state index contributed by atoms with van der Waals surface area (Å²) in [7, 11) is 2.14. The van der Waals surface area contributed by atoms with Crippen molar-refractivity contribution in [1.29, 1.82) is 0 Å². The van der Waals surface area contributed by atoms with E-state index in [1.54, 1.807) is 11.3 Å². The van der Waals surface area contributed by atoms with E-state index < -0.39 is 0 Å². The zero-order chi connectivity index (χ0) is 11.3. The van der Waals surface area contributed by atoms with Crippen molar-refractivity contribution in [3.05, 3.63) is 10.5 Å². The highest BCUT2D eigenvalue weighted by Crippen LogP contribution is 2.18. The number of thiazole rings is 1. The van der Waals surface area contributed by atoms with E-state index in [0.29, 0.717) is 11.2 Å². The van der Waals surface area contributed by atoms with E-state index in [1.807, 2.05) is 5.38 Å². The average molecular weight is 248 g/mol. The summed E-state index contributed by atoms with van der Waals surface area (Å²) >= 11 is 7.27. The number of halogens is 1. The molecule has 0 radical (unpaired) electrons. The van der Waals surface area contributed by atoms with Gasteiger partial charge in [-0.15, -0.1) is 11.3 Å². The fourth-order valence-electron chi connectivity index (χ4n) is 1.21. The summed E-state index contributed by atoms with van der Waals surface area (Å²) in [6.45, 7) is 6.37. The predicted molar refractivity (Wildman–Crippen MR) is 68.0 cm³/mol. The second kappa shape index (κ2) is 6.30. The molecule has 1 heterocycles. The Balaban J connectivity index is 2.21. The first-order chi connectivity index (χ1) is 7.13. The molecule has 1 aromatic rings. The summed E-state index contributed by atoms with van der Waals surface area (Å²) in [5, 5.41) is 6.56. The van der Waals surface area contributed by atoms with E-state index in [9.17, 15) is 0 Å². The molecule has 0 aliphatic rings. The van der Waals surface area contributed by atoms with Crippen LogP contribution in [0.15, 0.2) is 5.38 Å². The van der Waals surface area contributed by atoms with E-state index >= 15 is 0 Å². The fourth-order valence-corrected chi connectivity index (χ4v) is 2.07. The lowest BCUT2D eigenvalue weighted by atomic mass is 10.2. The largest absolute Gasteiger partial charge is 0.360 e. The van der Waals surface area contributed by atoms with Gasteiger partial charge in [-0.3, -0.25) is 0 Å². The zero-order valence-electron chi connectivity index (χ0n) is 9.46. The molecule has 0 saturated carbocycles. The minimum Gasteiger partial charge on any atom is -0.360 e. The van der Waals surface area contributed by atoms with Gasteiger partial charge in [0, 0.05) is 24.5 Å². The first-order valence-corrected chi connectivity index (χ1v) is 6.44. The molecule has 3 nitrogen and oxygen atoms in total. The second-order valence-corrected chi connectivity index (χ2v) is 4.89. The highest BCUT2D eigenvalue weighted by molar-refractivity contribution is 7.14. The quantitative estimate of drug-likeness (QED) is 0.838. The molecule has 86 valence electrons. The topological polar surface area (TPSA) is 28.2 Å². The average Bonchev–Trinajstić information content (AvgIpc) is 2.63. The van der Waals surface area contributed by atoms with Gasteiger partial charge in [-0.25, -0.2) is 4.98 Å². The van der Waals surface area contributed by atoms with Gasteiger partial charge in [-0.05, 0) is 20.4 Å². The van der Waals surface area contributed by atoms with Crippen molar-refractivity contribution in [2.45, 2.75) is 26.3 Å². The van der Waals surface area contributed by atoms with E-state index in [2.05, 4.69) is 36.1 Å². The Morgan fingerprint density at radius 2 is 2.40 bits per heavy atom. The van der Waals surface area contributed by atoms with Gasteiger partial charge in [0.15, 0.2) is 5.13 Å². The Morgan fingerprint density at radius 1 is 1.67 bits per heavy atom. The van der Waals surface area contributed by atoms with Crippen molar-refractivity contribution in [3.63, 3.8) is 0 Å².